The van der Waals surface area contributed by atoms with Crippen LogP contribution in [-0.4, -0.2) is 64.6 Å². The SMILES string of the molecule is CC(=O)N1CCN(C(=O)C2c3ccccc3C(=O)N(C3CC3)C2c2cccc(C)c2)CC1. The third kappa shape index (κ3) is 3.57. The van der Waals surface area contributed by atoms with Crippen LogP contribution in [0.1, 0.15) is 58.8 Å². The Morgan fingerprint density at radius 1 is 0.906 bits per heavy atom. The quantitative estimate of drug-likeness (QED) is 0.750. The van der Waals surface area contributed by atoms with Crippen molar-refractivity contribution in [2.45, 2.75) is 44.7 Å². The number of carbonyl (C=O) groups is 3. The number of nitrogens with zero attached hydrogens (tertiary/aromatic N) is 3. The summed E-state index contributed by atoms with van der Waals surface area (Å²) in [7, 11) is 0. The summed E-state index contributed by atoms with van der Waals surface area (Å²) in [5.41, 5.74) is 3.59. The number of fused-ring (bicyclic) bond motifs is 1. The Morgan fingerprint density at radius 3 is 2.25 bits per heavy atom. The van der Waals surface area contributed by atoms with E-state index in [2.05, 4.69) is 6.07 Å². The van der Waals surface area contributed by atoms with Gasteiger partial charge in [0.05, 0.1) is 12.0 Å². The molecular formula is C26H29N3O3. The molecule has 1 saturated heterocycles. The number of carbonyl (C=O) groups excluding carboxylic acids is 3. The molecule has 1 saturated carbocycles. The van der Waals surface area contributed by atoms with Crippen molar-refractivity contribution in [1.29, 1.82) is 0 Å². The molecule has 6 heteroatoms. The average molecular weight is 432 g/mol. The first-order valence-corrected chi connectivity index (χ1v) is 11.5. The third-order valence-electron chi connectivity index (χ3n) is 7.00. The van der Waals surface area contributed by atoms with Crippen molar-refractivity contribution in [3.63, 3.8) is 0 Å². The fraction of sp³-hybridized carbons (Fsp3) is 0.423. The molecule has 6 nitrogen and oxygen atoms in total. The van der Waals surface area contributed by atoms with E-state index in [-0.39, 0.29) is 29.8 Å². The van der Waals surface area contributed by atoms with Gasteiger partial charge in [0.15, 0.2) is 0 Å². The van der Waals surface area contributed by atoms with Crippen molar-refractivity contribution < 1.29 is 14.4 Å². The first-order chi connectivity index (χ1) is 15.5. The van der Waals surface area contributed by atoms with Crippen molar-refractivity contribution in [3.8, 4) is 0 Å². The smallest absolute Gasteiger partial charge is 0.254 e. The number of piperazine rings is 1. The molecule has 0 spiro atoms. The van der Waals surface area contributed by atoms with Crippen LogP contribution < -0.4 is 0 Å². The summed E-state index contributed by atoms with van der Waals surface area (Å²) in [5, 5.41) is 0. The summed E-state index contributed by atoms with van der Waals surface area (Å²) in [4.78, 5) is 45.0. The van der Waals surface area contributed by atoms with E-state index in [1.165, 1.54) is 0 Å². The minimum Gasteiger partial charge on any atom is -0.339 e. The highest BCUT2D eigenvalue weighted by molar-refractivity contribution is 6.01. The molecule has 2 fully saturated rings. The van der Waals surface area contributed by atoms with Crippen LogP contribution in [-0.2, 0) is 9.59 Å². The van der Waals surface area contributed by atoms with Gasteiger partial charge < -0.3 is 14.7 Å². The summed E-state index contributed by atoms with van der Waals surface area (Å²) < 4.78 is 0. The van der Waals surface area contributed by atoms with E-state index >= 15 is 0 Å². The average Bonchev–Trinajstić information content (AvgIpc) is 3.64. The zero-order valence-electron chi connectivity index (χ0n) is 18.7. The monoisotopic (exact) mass is 431 g/mol. The molecule has 2 heterocycles. The van der Waals surface area contributed by atoms with Gasteiger partial charge in [0.25, 0.3) is 5.91 Å². The molecule has 0 radical (unpaired) electrons. The van der Waals surface area contributed by atoms with Gasteiger partial charge in [-0.3, -0.25) is 14.4 Å². The Balaban J connectivity index is 1.58. The van der Waals surface area contributed by atoms with Gasteiger partial charge >= 0.3 is 0 Å². The first-order valence-electron chi connectivity index (χ1n) is 11.5. The Bertz CT molecular complexity index is 1070. The number of rotatable bonds is 3. The van der Waals surface area contributed by atoms with Crippen molar-refractivity contribution in [2.75, 3.05) is 26.2 Å². The number of hydrogen-bond acceptors (Lipinski definition) is 3. The number of aryl methyl sites for hydroxylation is 1. The number of hydrogen-bond donors (Lipinski definition) is 0. The van der Waals surface area contributed by atoms with Crippen LogP contribution >= 0.6 is 0 Å². The van der Waals surface area contributed by atoms with Crippen molar-refractivity contribution in [1.82, 2.24) is 14.7 Å². The zero-order valence-corrected chi connectivity index (χ0v) is 18.7. The van der Waals surface area contributed by atoms with Crippen molar-refractivity contribution in [3.05, 3.63) is 70.8 Å². The van der Waals surface area contributed by atoms with E-state index in [0.29, 0.717) is 31.7 Å². The lowest BCUT2D eigenvalue weighted by Crippen LogP contribution is -2.54. The minimum atomic E-state index is -0.449. The molecule has 0 bridgehead atoms. The van der Waals surface area contributed by atoms with Gasteiger partial charge in [-0.25, -0.2) is 0 Å². The van der Waals surface area contributed by atoms with E-state index in [9.17, 15) is 14.4 Å². The van der Waals surface area contributed by atoms with Crippen LogP contribution in [0, 0.1) is 6.92 Å². The summed E-state index contributed by atoms with van der Waals surface area (Å²) in [6, 6.07) is 15.7. The molecule has 2 aliphatic heterocycles. The lowest BCUT2D eigenvalue weighted by atomic mass is 9.78. The maximum atomic E-state index is 14.0. The molecule has 0 aromatic heterocycles. The van der Waals surface area contributed by atoms with Gasteiger partial charge in [0.2, 0.25) is 11.8 Å². The fourth-order valence-electron chi connectivity index (χ4n) is 5.22. The van der Waals surface area contributed by atoms with E-state index in [1.807, 2.05) is 59.2 Å². The fourth-order valence-corrected chi connectivity index (χ4v) is 5.22. The lowest BCUT2D eigenvalue weighted by Gasteiger charge is -2.44. The van der Waals surface area contributed by atoms with Crippen LogP contribution in [0.4, 0.5) is 0 Å². The third-order valence-corrected chi connectivity index (χ3v) is 7.00. The molecule has 3 aliphatic rings. The molecular weight excluding hydrogens is 402 g/mol. The largest absolute Gasteiger partial charge is 0.339 e. The summed E-state index contributed by atoms with van der Waals surface area (Å²) in [5.74, 6) is -0.330. The van der Waals surface area contributed by atoms with E-state index in [1.54, 1.807) is 11.8 Å². The summed E-state index contributed by atoms with van der Waals surface area (Å²) in [6.45, 7) is 5.76. The predicted molar refractivity (Wildman–Crippen MR) is 121 cm³/mol. The van der Waals surface area contributed by atoms with Gasteiger partial charge in [-0.2, -0.15) is 0 Å². The molecule has 2 aromatic rings. The standard InChI is InChI=1S/C26H29N3O3/c1-17-6-5-7-19(16-17)24-23(26(32)28-14-12-27(13-15-28)18(2)30)21-8-3-4-9-22(21)25(31)29(24)20-10-11-20/h3-9,16,20,23-24H,10-15H2,1-2H3. The van der Waals surface area contributed by atoms with E-state index < -0.39 is 5.92 Å². The topological polar surface area (TPSA) is 60.9 Å². The van der Waals surface area contributed by atoms with Crippen LogP contribution in [0.25, 0.3) is 0 Å². The van der Waals surface area contributed by atoms with Crippen LogP contribution in [0.15, 0.2) is 48.5 Å². The molecule has 2 aromatic carbocycles. The highest BCUT2D eigenvalue weighted by Gasteiger charge is 2.50. The van der Waals surface area contributed by atoms with Gasteiger partial charge in [-0.1, -0.05) is 48.0 Å². The molecule has 166 valence electrons. The van der Waals surface area contributed by atoms with E-state index in [4.69, 9.17) is 0 Å². The second-order valence-electron chi connectivity index (χ2n) is 9.20. The van der Waals surface area contributed by atoms with Crippen LogP contribution in [0.2, 0.25) is 0 Å². The Hall–Kier alpha value is -3.15. The number of benzene rings is 2. The molecule has 2 unspecified atom stereocenters. The number of amides is 3. The normalized spacial score (nSPS) is 23.2. The molecule has 5 rings (SSSR count). The first kappa shape index (κ1) is 20.7. The summed E-state index contributed by atoms with van der Waals surface area (Å²) >= 11 is 0. The lowest BCUT2D eigenvalue weighted by molar-refractivity contribution is -0.140. The van der Waals surface area contributed by atoms with Crippen LogP contribution in [0.5, 0.6) is 0 Å². The minimum absolute atomic E-state index is 0.0278. The van der Waals surface area contributed by atoms with Gasteiger partial charge in [0.1, 0.15) is 0 Å². The van der Waals surface area contributed by atoms with Gasteiger partial charge in [-0.15, -0.1) is 0 Å². The maximum Gasteiger partial charge on any atom is 0.254 e. The predicted octanol–water partition coefficient (Wildman–Crippen LogP) is 3.13. The van der Waals surface area contributed by atoms with Crippen molar-refractivity contribution in [2.24, 2.45) is 0 Å². The van der Waals surface area contributed by atoms with E-state index in [0.717, 1.165) is 29.5 Å². The second-order valence-corrected chi connectivity index (χ2v) is 9.20. The van der Waals surface area contributed by atoms with Crippen molar-refractivity contribution >= 4 is 17.7 Å². The molecule has 2 atom stereocenters. The molecule has 32 heavy (non-hydrogen) atoms. The highest BCUT2D eigenvalue weighted by atomic mass is 16.2. The Kier molecular flexibility index (Phi) is 5.24. The Labute approximate surface area is 188 Å². The molecule has 1 aliphatic carbocycles. The molecule has 3 amide bonds. The molecule has 0 N–H and O–H groups in total. The Morgan fingerprint density at radius 2 is 1.59 bits per heavy atom. The van der Waals surface area contributed by atoms with Gasteiger partial charge in [0, 0.05) is 44.7 Å². The second kappa shape index (κ2) is 8.08. The van der Waals surface area contributed by atoms with Crippen LogP contribution in [0.3, 0.4) is 0 Å². The highest BCUT2D eigenvalue weighted by Crippen LogP contribution is 2.48. The maximum absolute atomic E-state index is 14.0. The summed E-state index contributed by atoms with van der Waals surface area (Å²) in [6.07, 6.45) is 1.96. The zero-order chi connectivity index (χ0) is 22.4. The van der Waals surface area contributed by atoms with Gasteiger partial charge in [-0.05, 0) is 37.0 Å².